The van der Waals surface area contributed by atoms with Crippen LogP contribution in [-0.4, -0.2) is 72.2 Å². The minimum absolute atomic E-state index is 0.00382. The molecule has 0 aromatic heterocycles. The third-order valence-electron chi connectivity index (χ3n) is 2.09. The number of hydrogen-bond acceptors (Lipinski definition) is 10. The van der Waals surface area contributed by atoms with Crippen LogP contribution in [0.25, 0.3) is 0 Å². The van der Waals surface area contributed by atoms with Gasteiger partial charge < -0.3 is 32.5 Å². The molecule has 122 valence electrons. The van der Waals surface area contributed by atoms with Gasteiger partial charge >= 0.3 is 6.80 Å². The van der Waals surface area contributed by atoms with Crippen LogP contribution >= 0.6 is 18.2 Å². The Morgan fingerprint density at radius 1 is 0.900 bits per heavy atom. The van der Waals surface area contributed by atoms with Crippen LogP contribution in [0.3, 0.4) is 0 Å². The van der Waals surface area contributed by atoms with Crippen molar-refractivity contribution in [2.45, 2.75) is 18.3 Å². The lowest BCUT2D eigenvalue weighted by Gasteiger charge is -2.21. The van der Waals surface area contributed by atoms with Crippen LogP contribution in [0.2, 0.25) is 0 Å². The first kappa shape index (κ1) is 20.3. The molecule has 0 saturated carbocycles. The molecule has 9 nitrogen and oxygen atoms in total. The molecular weight excluding hydrogens is 309 g/mol. The molecule has 0 radical (unpaired) electrons. The summed E-state index contributed by atoms with van der Waals surface area (Å²) in [6.45, 7) is -4.31. The SMILES string of the molecule is NC[C@H](O)COP(=O)(OC[C@@H](O)CN)SC[C@@H](O)CN. The first-order valence-corrected chi connectivity index (χ1v) is 9.18. The van der Waals surface area contributed by atoms with E-state index < -0.39 is 25.1 Å². The number of hydrogen-bond donors (Lipinski definition) is 6. The van der Waals surface area contributed by atoms with Crippen LogP contribution in [-0.2, 0) is 13.6 Å². The van der Waals surface area contributed by atoms with E-state index in [0.717, 1.165) is 11.4 Å². The van der Waals surface area contributed by atoms with Gasteiger partial charge in [-0.05, 0) is 11.4 Å². The maximum Gasteiger partial charge on any atom is 0.389 e. The van der Waals surface area contributed by atoms with Crippen LogP contribution in [0.4, 0.5) is 0 Å². The van der Waals surface area contributed by atoms with E-state index in [1.807, 2.05) is 0 Å². The molecule has 20 heavy (non-hydrogen) atoms. The fourth-order valence-corrected chi connectivity index (χ4v) is 4.15. The van der Waals surface area contributed by atoms with Crippen molar-refractivity contribution in [3.8, 4) is 0 Å². The van der Waals surface area contributed by atoms with Gasteiger partial charge in [-0.25, -0.2) is 4.57 Å². The molecule has 0 bridgehead atoms. The number of rotatable bonds is 12. The molecule has 0 aromatic rings. The molecule has 0 spiro atoms. The first-order valence-electron chi connectivity index (χ1n) is 6.05. The van der Waals surface area contributed by atoms with Gasteiger partial charge in [0.25, 0.3) is 0 Å². The molecule has 9 N–H and O–H groups in total. The highest BCUT2D eigenvalue weighted by atomic mass is 32.7. The quantitative estimate of drug-likeness (QED) is 0.215. The minimum atomic E-state index is -3.65. The second-order valence-corrected chi connectivity index (χ2v) is 8.12. The lowest BCUT2D eigenvalue weighted by molar-refractivity contribution is 0.0803. The fraction of sp³-hybridized carbons (Fsp3) is 1.00. The zero-order chi connectivity index (χ0) is 15.6. The Hall–Kier alpha value is 0.260. The Balaban J connectivity index is 4.45. The summed E-state index contributed by atoms with van der Waals surface area (Å²) in [6, 6.07) is 0. The fourth-order valence-electron chi connectivity index (χ4n) is 0.848. The predicted molar refractivity (Wildman–Crippen MR) is 77.2 cm³/mol. The summed E-state index contributed by atoms with van der Waals surface area (Å²) >= 11 is 0.739. The molecule has 0 saturated heterocycles. The molecule has 0 rings (SSSR count). The molecule has 0 aliphatic rings. The molecule has 3 atom stereocenters. The van der Waals surface area contributed by atoms with E-state index in [-0.39, 0.29) is 38.6 Å². The predicted octanol–water partition coefficient (Wildman–Crippen LogP) is -2.18. The number of aliphatic hydroxyl groups is 3. The summed E-state index contributed by atoms with van der Waals surface area (Å²) in [5.74, 6) is 0.0330. The van der Waals surface area contributed by atoms with Crippen molar-refractivity contribution in [3.05, 3.63) is 0 Å². The molecule has 0 fully saturated rings. The van der Waals surface area contributed by atoms with E-state index in [4.69, 9.17) is 26.2 Å². The van der Waals surface area contributed by atoms with E-state index in [1.54, 1.807) is 0 Å². The normalized spacial score (nSPS) is 16.9. The highest BCUT2D eigenvalue weighted by Gasteiger charge is 2.28. The Labute approximate surface area is 122 Å². The lowest BCUT2D eigenvalue weighted by atomic mass is 10.4. The molecule has 0 aliphatic heterocycles. The summed E-state index contributed by atoms with van der Waals surface area (Å²) in [5.41, 5.74) is 15.7. The van der Waals surface area contributed by atoms with Gasteiger partial charge in [0.1, 0.15) is 0 Å². The van der Waals surface area contributed by atoms with Gasteiger partial charge in [0, 0.05) is 25.4 Å². The van der Waals surface area contributed by atoms with Crippen LogP contribution in [0, 0.1) is 0 Å². The van der Waals surface area contributed by atoms with Gasteiger partial charge in [-0.15, -0.1) is 0 Å². The Bertz CT molecular complexity index is 258. The van der Waals surface area contributed by atoms with Gasteiger partial charge in [-0.2, -0.15) is 0 Å². The molecule has 0 amide bonds. The number of aliphatic hydroxyl groups excluding tert-OH is 3. The molecule has 0 aromatic carbocycles. The second-order valence-electron chi connectivity index (χ2n) is 4.00. The van der Waals surface area contributed by atoms with Crippen LogP contribution in [0.5, 0.6) is 0 Å². The van der Waals surface area contributed by atoms with Crippen molar-refractivity contribution in [2.75, 3.05) is 38.6 Å². The zero-order valence-corrected chi connectivity index (χ0v) is 12.8. The third kappa shape index (κ3) is 9.24. The Morgan fingerprint density at radius 2 is 1.30 bits per heavy atom. The van der Waals surface area contributed by atoms with Gasteiger partial charge in [-0.3, -0.25) is 9.05 Å². The van der Waals surface area contributed by atoms with E-state index in [0.29, 0.717) is 0 Å². The molecule has 0 unspecified atom stereocenters. The van der Waals surface area contributed by atoms with Crippen molar-refractivity contribution < 1.29 is 28.9 Å². The van der Waals surface area contributed by atoms with Crippen LogP contribution in [0.1, 0.15) is 0 Å². The van der Waals surface area contributed by atoms with Crippen molar-refractivity contribution in [2.24, 2.45) is 17.2 Å². The van der Waals surface area contributed by atoms with E-state index in [9.17, 15) is 19.9 Å². The summed E-state index contributed by atoms with van der Waals surface area (Å²) < 4.78 is 22.4. The maximum absolute atomic E-state index is 12.3. The summed E-state index contributed by atoms with van der Waals surface area (Å²) in [4.78, 5) is 0. The maximum atomic E-state index is 12.3. The van der Waals surface area contributed by atoms with Gasteiger partial charge in [0.15, 0.2) is 0 Å². The summed E-state index contributed by atoms with van der Waals surface area (Å²) in [7, 11) is 0. The molecule has 0 heterocycles. The van der Waals surface area contributed by atoms with Crippen molar-refractivity contribution >= 4 is 18.2 Å². The topological polar surface area (TPSA) is 174 Å². The van der Waals surface area contributed by atoms with Gasteiger partial charge in [0.2, 0.25) is 0 Å². The third-order valence-corrected chi connectivity index (χ3v) is 5.90. The Kier molecular flexibility index (Phi) is 11.1. The Morgan fingerprint density at radius 3 is 1.65 bits per heavy atom. The monoisotopic (exact) mass is 333 g/mol. The second kappa shape index (κ2) is 10.9. The van der Waals surface area contributed by atoms with Gasteiger partial charge in [-0.1, -0.05) is 0 Å². The van der Waals surface area contributed by atoms with E-state index >= 15 is 0 Å². The first-order chi connectivity index (χ1) is 9.36. The van der Waals surface area contributed by atoms with E-state index in [1.165, 1.54) is 0 Å². The zero-order valence-electron chi connectivity index (χ0n) is 11.1. The summed E-state index contributed by atoms with van der Waals surface area (Å²) in [6.07, 6.45) is -2.82. The number of nitrogens with two attached hydrogens (primary N) is 3. The molecular formula is C9H24N3O6PS. The average Bonchev–Trinajstić information content (AvgIpc) is 2.47. The highest BCUT2D eigenvalue weighted by Crippen LogP contribution is 2.60. The van der Waals surface area contributed by atoms with Crippen LogP contribution in [0.15, 0.2) is 0 Å². The standard InChI is InChI=1S/C9H24N3O6PS/c10-1-7(13)4-17-19(16,18-5-8(14)2-11)20-6-9(15)3-12/h7-9,13-15H,1-6,10-12H2/t7-,8-,9-/m0/s1. The van der Waals surface area contributed by atoms with Crippen molar-refractivity contribution in [1.29, 1.82) is 0 Å². The highest BCUT2D eigenvalue weighted by molar-refractivity contribution is 8.55. The largest absolute Gasteiger partial charge is 0.391 e. The van der Waals surface area contributed by atoms with E-state index in [2.05, 4.69) is 0 Å². The molecule has 11 heteroatoms. The van der Waals surface area contributed by atoms with Gasteiger partial charge in [0.05, 0.1) is 31.5 Å². The molecule has 0 aliphatic carbocycles. The average molecular weight is 333 g/mol. The van der Waals surface area contributed by atoms with Crippen LogP contribution < -0.4 is 17.2 Å². The lowest BCUT2D eigenvalue weighted by Crippen LogP contribution is -2.27. The minimum Gasteiger partial charge on any atom is -0.391 e. The van der Waals surface area contributed by atoms with Crippen molar-refractivity contribution in [3.63, 3.8) is 0 Å². The van der Waals surface area contributed by atoms with Crippen molar-refractivity contribution in [1.82, 2.24) is 0 Å². The summed E-state index contributed by atoms with van der Waals surface area (Å²) in [5, 5.41) is 27.9. The smallest absolute Gasteiger partial charge is 0.389 e.